The van der Waals surface area contributed by atoms with E-state index in [4.69, 9.17) is 13.8 Å². The molecular weight excluding hydrogens is 593 g/mol. The zero-order chi connectivity index (χ0) is 32.3. The third-order valence-electron chi connectivity index (χ3n) is 9.42. The van der Waals surface area contributed by atoms with Crippen LogP contribution in [0.4, 0.5) is 0 Å². The fraction of sp³-hybridized carbons (Fsp3) is 0.214. The molecule has 6 aromatic rings. The predicted molar refractivity (Wildman–Crippen MR) is 195 cm³/mol. The van der Waals surface area contributed by atoms with Crippen LogP contribution in [0.3, 0.4) is 0 Å². The van der Waals surface area contributed by atoms with Crippen molar-refractivity contribution in [2.45, 2.75) is 57.7 Å². The van der Waals surface area contributed by atoms with Crippen molar-refractivity contribution < 1.29 is 8.84 Å². The van der Waals surface area contributed by atoms with Crippen molar-refractivity contribution in [3.05, 3.63) is 157 Å². The summed E-state index contributed by atoms with van der Waals surface area (Å²) in [5, 5.41) is 6.27. The first-order valence-corrected chi connectivity index (χ1v) is 18.6. The quantitative estimate of drug-likeness (QED) is 0.162. The number of aromatic nitrogens is 1. The second-order valence-electron chi connectivity index (χ2n) is 13.5. The fourth-order valence-corrected chi connectivity index (χ4v) is 11.6. The molecule has 0 aliphatic heterocycles. The standard InChI is InChI=1S/C42H42N2O2Si/c1-42(2,3)47(35-22-12-6-13-23-35,36-24-14-7-15-25-36)46-38-26-16-21-33-29-34(27-28-37(33)38)43-30-39-44-40(31-17-8-4-9-18-31)41(45-39)32-19-10-5-11-20-32/h4-26,34,43H,27-30H2,1-3H3. The molecule has 0 fully saturated rings. The Morgan fingerprint density at radius 3 is 1.89 bits per heavy atom. The van der Waals surface area contributed by atoms with Gasteiger partial charge in [-0.25, -0.2) is 4.98 Å². The Balaban J connectivity index is 1.14. The maximum absolute atomic E-state index is 7.50. The largest absolute Gasteiger partial charge is 0.534 e. The molecule has 0 saturated heterocycles. The Morgan fingerprint density at radius 2 is 1.30 bits per heavy atom. The Labute approximate surface area is 279 Å². The minimum atomic E-state index is -2.72. The van der Waals surface area contributed by atoms with Gasteiger partial charge >= 0.3 is 8.32 Å². The first-order valence-electron chi connectivity index (χ1n) is 16.7. The number of nitrogens with zero attached hydrogens (tertiary/aromatic N) is 1. The Hall–Kier alpha value is -4.71. The van der Waals surface area contributed by atoms with Gasteiger partial charge in [0.25, 0.3) is 0 Å². The molecule has 1 aromatic heterocycles. The van der Waals surface area contributed by atoms with Gasteiger partial charge in [-0.3, -0.25) is 0 Å². The van der Waals surface area contributed by atoms with Gasteiger partial charge in [0.05, 0.1) is 6.54 Å². The lowest BCUT2D eigenvalue weighted by atomic mass is 9.87. The minimum Gasteiger partial charge on any atom is -0.534 e. The van der Waals surface area contributed by atoms with Crippen LogP contribution >= 0.6 is 0 Å². The smallest absolute Gasteiger partial charge is 0.319 e. The van der Waals surface area contributed by atoms with Crippen LogP contribution in [0.25, 0.3) is 22.6 Å². The molecule has 0 bridgehead atoms. The summed E-state index contributed by atoms with van der Waals surface area (Å²) in [6.07, 6.45) is 2.91. The molecule has 5 aromatic carbocycles. The number of hydrogen-bond donors (Lipinski definition) is 1. The van der Waals surface area contributed by atoms with E-state index in [2.05, 4.69) is 129 Å². The first-order chi connectivity index (χ1) is 22.9. The zero-order valence-corrected chi connectivity index (χ0v) is 28.4. The van der Waals surface area contributed by atoms with Crippen molar-refractivity contribution in [3.63, 3.8) is 0 Å². The summed E-state index contributed by atoms with van der Waals surface area (Å²) in [7, 11) is -2.72. The summed E-state index contributed by atoms with van der Waals surface area (Å²) in [6.45, 7) is 7.59. The lowest BCUT2D eigenvalue weighted by Crippen LogP contribution is -2.69. The minimum absolute atomic E-state index is 0.0928. The van der Waals surface area contributed by atoms with Crippen LogP contribution < -0.4 is 20.1 Å². The highest BCUT2D eigenvalue weighted by atomic mass is 28.4. The van der Waals surface area contributed by atoms with Crippen LogP contribution in [-0.4, -0.2) is 19.3 Å². The van der Waals surface area contributed by atoms with Crippen molar-refractivity contribution in [3.8, 4) is 28.3 Å². The van der Waals surface area contributed by atoms with Crippen molar-refractivity contribution in [1.82, 2.24) is 10.3 Å². The molecule has 1 unspecified atom stereocenters. The van der Waals surface area contributed by atoms with E-state index in [1.165, 1.54) is 21.5 Å². The summed E-state index contributed by atoms with van der Waals surface area (Å²) in [5.41, 5.74) is 5.66. The molecule has 1 atom stereocenters. The van der Waals surface area contributed by atoms with Gasteiger partial charge in [-0.1, -0.05) is 154 Å². The van der Waals surface area contributed by atoms with Crippen molar-refractivity contribution in [1.29, 1.82) is 0 Å². The topological polar surface area (TPSA) is 47.3 Å². The highest BCUT2D eigenvalue weighted by molar-refractivity contribution is 7.00. The van der Waals surface area contributed by atoms with Crippen LogP contribution in [0.5, 0.6) is 5.75 Å². The molecule has 0 radical (unpaired) electrons. The van der Waals surface area contributed by atoms with Gasteiger partial charge in [-0.2, -0.15) is 0 Å². The summed E-state index contributed by atoms with van der Waals surface area (Å²) in [6, 6.07) is 49.3. The van der Waals surface area contributed by atoms with E-state index in [1.54, 1.807) is 0 Å². The molecule has 1 heterocycles. The average molecular weight is 635 g/mol. The zero-order valence-electron chi connectivity index (χ0n) is 27.4. The van der Waals surface area contributed by atoms with E-state index in [-0.39, 0.29) is 5.04 Å². The third kappa shape index (κ3) is 6.21. The monoisotopic (exact) mass is 634 g/mol. The van der Waals surface area contributed by atoms with Gasteiger partial charge in [0.2, 0.25) is 5.89 Å². The first kappa shape index (κ1) is 30.9. The number of oxazole rings is 1. The van der Waals surface area contributed by atoms with Crippen LogP contribution in [0.1, 0.15) is 44.2 Å². The van der Waals surface area contributed by atoms with E-state index < -0.39 is 8.32 Å². The van der Waals surface area contributed by atoms with Gasteiger partial charge in [0.1, 0.15) is 11.4 Å². The fourth-order valence-electron chi connectivity index (χ4n) is 7.10. The Morgan fingerprint density at radius 1 is 0.723 bits per heavy atom. The highest BCUT2D eigenvalue weighted by Gasteiger charge is 2.52. The van der Waals surface area contributed by atoms with E-state index in [0.29, 0.717) is 18.5 Å². The average Bonchev–Trinajstić information content (AvgIpc) is 3.55. The molecule has 47 heavy (non-hydrogen) atoms. The van der Waals surface area contributed by atoms with Crippen LogP contribution in [0.2, 0.25) is 5.04 Å². The third-order valence-corrected chi connectivity index (χ3v) is 14.3. The number of rotatable bonds is 9. The molecule has 4 nitrogen and oxygen atoms in total. The Kier molecular flexibility index (Phi) is 8.67. The normalized spacial score (nSPS) is 14.8. The highest BCUT2D eigenvalue weighted by Crippen LogP contribution is 2.40. The molecule has 1 N–H and O–H groups in total. The van der Waals surface area contributed by atoms with Gasteiger partial charge in [-0.05, 0) is 51.9 Å². The van der Waals surface area contributed by atoms with Gasteiger partial charge < -0.3 is 14.2 Å². The molecule has 0 saturated carbocycles. The molecule has 0 amide bonds. The van der Waals surface area contributed by atoms with Gasteiger partial charge in [0, 0.05) is 17.2 Å². The molecule has 7 rings (SSSR count). The molecule has 0 spiro atoms. The van der Waals surface area contributed by atoms with Crippen molar-refractivity contribution in [2.24, 2.45) is 0 Å². The molecule has 236 valence electrons. The van der Waals surface area contributed by atoms with Gasteiger partial charge in [-0.15, -0.1) is 0 Å². The van der Waals surface area contributed by atoms with Crippen LogP contribution in [0.15, 0.2) is 144 Å². The summed E-state index contributed by atoms with van der Waals surface area (Å²) >= 11 is 0. The second kappa shape index (κ2) is 13.2. The van der Waals surface area contributed by atoms with Crippen molar-refractivity contribution >= 4 is 18.7 Å². The van der Waals surface area contributed by atoms with Gasteiger partial charge in [0.15, 0.2) is 5.76 Å². The maximum atomic E-state index is 7.50. The van der Waals surface area contributed by atoms with E-state index in [1.807, 2.05) is 36.4 Å². The van der Waals surface area contributed by atoms with Crippen LogP contribution in [0, 0.1) is 0 Å². The van der Waals surface area contributed by atoms with E-state index >= 15 is 0 Å². The number of fused-ring (bicyclic) bond motifs is 1. The summed E-state index contributed by atoms with van der Waals surface area (Å²) < 4.78 is 13.9. The Bertz CT molecular complexity index is 1820. The van der Waals surface area contributed by atoms with Crippen LogP contribution in [-0.2, 0) is 19.4 Å². The lowest BCUT2D eigenvalue weighted by Gasteiger charge is -2.43. The van der Waals surface area contributed by atoms with E-state index in [9.17, 15) is 0 Å². The molecular formula is C42H42N2O2Si. The maximum Gasteiger partial charge on any atom is 0.319 e. The summed E-state index contributed by atoms with van der Waals surface area (Å²) in [4.78, 5) is 4.98. The number of nitrogens with one attached hydrogen (secondary N) is 1. The van der Waals surface area contributed by atoms with Crippen molar-refractivity contribution in [2.75, 3.05) is 0 Å². The predicted octanol–water partition coefficient (Wildman–Crippen LogP) is 8.59. The second-order valence-corrected chi connectivity index (χ2v) is 17.7. The number of hydrogen-bond acceptors (Lipinski definition) is 4. The number of benzene rings is 5. The SMILES string of the molecule is CC(C)(C)[Si](Oc1cccc2c1CCC(NCc1nc(-c3ccccc3)c(-c3ccccc3)o1)C2)(c1ccccc1)c1ccccc1. The molecule has 1 aliphatic carbocycles. The van der Waals surface area contributed by atoms with E-state index in [0.717, 1.165) is 47.6 Å². The molecule has 5 heteroatoms. The summed E-state index contributed by atoms with van der Waals surface area (Å²) in [5.74, 6) is 2.55. The molecule has 1 aliphatic rings. The lowest BCUT2D eigenvalue weighted by molar-refractivity contribution is 0.407.